The zero-order valence-electron chi connectivity index (χ0n) is 14.5. The van der Waals surface area contributed by atoms with Gasteiger partial charge in [-0.2, -0.15) is 0 Å². The third-order valence-corrected chi connectivity index (χ3v) is 4.95. The van der Waals surface area contributed by atoms with Crippen molar-refractivity contribution in [1.82, 2.24) is 0 Å². The zero-order chi connectivity index (χ0) is 17.9. The smallest absolute Gasteiger partial charge is 0.152 e. The molecule has 0 radical (unpaired) electrons. The van der Waals surface area contributed by atoms with Crippen LogP contribution in [0.3, 0.4) is 0 Å². The molecule has 0 unspecified atom stereocenters. The average molecular weight is 346 g/mol. The highest BCUT2D eigenvalue weighted by molar-refractivity contribution is 5.44. The molecule has 0 bridgehead atoms. The average Bonchev–Trinajstić information content (AvgIpc) is 2.68. The summed E-state index contributed by atoms with van der Waals surface area (Å²) in [6, 6.07) is 13.7. The highest BCUT2D eigenvalue weighted by Crippen LogP contribution is 2.47. The Morgan fingerprint density at radius 2 is 1.28 bits per heavy atom. The van der Waals surface area contributed by atoms with Gasteiger partial charge in [0.25, 0.3) is 0 Å². The number of ether oxygens (including phenoxy) is 3. The van der Waals surface area contributed by atoms with E-state index in [1.54, 1.807) is 62.8 Å². The minimum atomic E-state index is -1.82. The van der Waals surface area contributed by atoms with Crippen LogP contribution in [0.1, 0.15) is 24.0 Å². The van der Waals surface area contributed by atoms with Crippen LogP contribution in [-0.4, -0.2) is 38.2 Å². The summed E-state index contributed by atoms with van der Waals surface area (Å²) in [5, 5.41) is 11.7. The molecule has 25 heavy (non-hydrogen) atoms. The Hall–Kier alpha value is -2.11. The van der Waals surface area contributed by atoms with Crippen LogP contribution in [0.15, 0.2) is 48.5 Å². The fourth-order valence-corrected chi connectivity index (χ4v) is 3.41. The van der Waals surface area contributed by atoms with E-state index in [1.165, 1.54) is 0 Å². The second-order valence-corrected chi connectivity index (χ2v) is 6.25. The lowest BCUT2D eigenvalue weighted by atomic mass is 9.70. The van der Waals surface area contributed by atoms with Gasteiger partial charge in [0.2, 0.25) is 0 Å². The van der Waals surface area contributed by atoms with Gasteiger partial charge in [-0.15, -0.1) is 0 Å². The van der Waals surface area contributed by atoms with Crippen molar-refractivity contribution in [2.24, 2.45) is 0 Å². The Morgan fingerprint density at radius 1 is 0.880 bits per heavy atom. The predicted octanol–water partition coefficient (Wildman–Crippen LogP) is 3.46. The maximum atomic E-state index is 16.0. The Kier molecular flexibility index (Phi) is 4.97. The molecule has 4 nitrogen and oxygen atoms in total. The molecule has 1 aliphatic heterocycles. The number of hydrogen-bond acceptors (Lipinski definition) is 4. The molecule has 5 heteroatoms. The Labute approximate surface area is 147 Å². The molecular formula is C20H23FO4. The Bertz CT molecular complexity index is 643. The summed E-state index contributed by atoms with van der Waals surface area (Å²) in [5.41, 5.74) is -2.63. The van der Waals surface area contributed by atoms with Crippen LogP contribution in [0, 0.1) is 0 Å². The molecule has 0 spiro atoms. The standard InChI is InChI=1S/C20H23FO4/c1-23-17-7-3-15(4-8-17)20(22,19(21)11-13-25-14-12-19)16-5-9-18(24-2)10-6-16/h3-10,22H,11-14H2,1-2H3. The van der Waals surface area contributed by atoms with Crippen LogP contribution >= 0.6 is 0 Å². The van der Waals surface area contributed by atoms with Crippen LogP contribution < -0.4 is 9.47 Å². The SMILES string of the molecule is COc1ccc(C(O)(c2ccc(OC)cc2)C2(F)CCOCC2)cc1. The van der Waals surface area contributed by atoms with E-state index in [4.69, 9.17) is 14.2 Å². The van der Waals surface area contributed by atoms with Gasteiger partial charge in [-0.1, -0.05) is 24.3 Å². The van der Waals surface area contributed by atoms with E-state index in [-0.39, 0.29) is 26.1 Å². The molecule has 134 valence electrons. The van der Waals surface area contributed by atoms with Crippen molar-refractivity contribution in [3.8, 4) is 11.5 Å². The number of halogens is 1. The molecule has 1 aliphatic rings. The summed E-state index contributed by atoms with van der Waals surface area (Å²) in [5.74, 6) is 1.31. The summed E-state index contributed by atoms with van der Waals surface area (Å²) in [4.78, 5) is 0. The predicted molar refractivity (Wildman–Crippen MR) is 92.9 cm³/mol. The second kappa shape index (κ2) is 7.02. The third-order valence-electron chi connectivity index (χ3n) is 4.95. The first kappa shape index (κ1) is 17.7. The van der Waals surface area contributed by atoms with Gasteiger partial charge in [0.15, 0.2) is 5.67 Å². The molecule has 0 aliphatic carbocycles. The van der Waals surface area contributed by atoms with E-state index in [0.717, 1.165) is 0 Å². The lowest BCUT2D eigenvalue weighted by molar-refractivity contribution is -0.130. The molecule has 0 atom stereocenters. The number of methoxy groups -OCH3 is 2. The molecule has 2 aromatic carbocycles. The van der Waals surface area contributed by atoms with Gasteiger partial charge in [-0.25, -0.2) is 4.39 Å². The van der Waals surface area contributed by atoms with Gasteiger partial charge in [0.1, 0.15) is 17.1 Å². The summed E-state index contributed by atoms with van der Waals surface area (Å²) in [6.07, 6.45) is 0.253. The van der Waals surface area contributed by atoms with Crippen molar-refractivity contribution < 1.29 is 23.7 Å². The summed E-state index contributed by atoms with van der Waals surface area (Å²) >= 11 is 0. The van der Waals surface area contributed by atoms with E-state index in [1.807, 2.05) is 0 Å². The van der Waals surface area contributed by atoms with Crippen LogP contribution in [0.2, 0.25) is 0 Å². The van der Waals surface area contributed by atoms with Gasteiger partial charge in [-0.05, 0) is 35.4 Å². The number of rotatable bonds is 5. The summed E-state index contributed by atoms with van der Waals surface area (Å²) in [6.45, 7) is 0.566. The van der Waals surface area contributed by atoms with E-state index in [2.05, 4.69) is 0 Å². The molecule has 0 amide bonds. The highest BCUT2D eigenvalue weighted by atomic mass is 19.1. The lowest BCUT2D eigenvalue weighted by Crippen LogP contribution is -2.52. The fraction of sp³-hybridized carbons (Fsp3) is 0.400. The number of benzene rings is 2. The molecule has 3 rings (SSSR count). The maximum Gasteiger partial charge on any atom is 0.152 e. The van der Waals surface area contributed by atoms with Crippen LogP contribution in [-0.2, 0) is 10.3 Å². The van der Waals surface area contributed by atoms with Crippen molar-refractivity contribution in [2.75, 3.05) is 27.4 Å². The number of alkyl halides is 1. The monoisotopic (exact) mass is 346 g/mol. The summed E-state index contributed by atoms with van der Waals surface area (Å²) in [7, 11) is 3.14. The molecule has 1 saturated heterocycles. The maximum absolute atomic E-state index is 16.0. The van der Waals surface area contributed by atoms with E-state index >= 15 is 4.39 Å². The van der Waals surface area contributed by atoms with Crippen LogP contribution in [0.4, 0.5) is 4.39 Å². The van der Waals surface area contributed by atoms with Crippen molar-refractivity contribution >= 4 is 0 Å². The van der Waals surface area contributed by atoms with E-state index in [0.29, 0.717) is 22.6 Å². The summed E-state index contributed by atoms with van der Waals surface area (Å²) < 4.78 is 31.6. The topological polar surface area (TPSA) is 47.9 Å². The van der Waals surface area contributed by atoms with Crippen molar-refractivity contribution in [1.29, 1.82) is 0 Å². The minimum absolute atomic E-state index is 0.127. The molecule has 1 N–H and O–H groups in total. The van der Waals surface area contributed by atoms with E-state index in [9.17, 15) is 5.11 Å². The first-order valence-corrected chi connectivity index (χ1v) is 8.31. The third kappa shape index (κ3) is 3.10. The van der Waals surface area contributed by atoms with Crippen LogP contribution in [0.25, 0.3) is 0 Å². The van der Waals surface area contributed by atoms with Gasteiger partial charge >= 0.3 is 0 Å². The van der Waals surface area contributed by atoms with E-state index < -0.39 is 11.3 Å². The molecule has 0 aromatic heterocycles. The van der Waals surface area contributed by atoms with Gasteiger partial charge < -0.3 is 19.3 Å². The normalized spacial score (nSPS) is 17.1. The van der Waals surface area contributed by atoms with Crippen molar-refractivity contribution in [2.45, 2.75) is 24.1 Å². The lowest BCUT2D eigenvalue weighted by Gasteiger charge is -2.44. The zero-order valence-corrected chi connectivity index (χ0v) is 14.5. The number of hydrogen-bond donors (Lipinski definition) is 1. The molecule has 1 heterocycles. The van der Waals surface area contributed by atoms with Gasteiger partial charge in [-0.3, -0.25) is 0 Å². The number of aliphatic hydroxyl groups is 1. The molecule has 0 saturated carbocycles. The largest absolute Gasteiger partial charge is 0.497 e. The highest BCUT2D eigenvalue weighted by Gasteiger charge is 2.54. The van der Waals surface area contributed by atoms with Crippen molar-refractivity contribution in [3.05, 3.63) is 59.7 Å². The molecule has 1 fully saturated rings. The fourth-order valence-electron chi connectivity index (χ4n) is 3.41. The minimum Gasteiger partial charge on any atom is -0.497 e. The van der Waals surface area contributed by atoms with Crippen LogP contribution in [0.5, 0.6) is 11.5 Å². The molecular weight excluding hydrogens is 323 g/mol. The first-order valence-electron chi connectivity index (χ1n) is 8.31. The quantitative estimate of drug-likeness (QED) is 0.901. The Balaban J connectivity index is 2.11. The van der Waals surface area contributed by atoms with Gasteiger partial charge in [0, 0.05) is 26.1 Å². The first-order chi connectivity index (χ1) is 12.0. The Morgan fingerprint density at radius 3 is 1.64 bits per heavy atom. The second-order valence-electron chi connectivity index (χ2n) is 6.25. The van der Waals surface area contributed by atoms with Crippen molar-refractivity contribution in [3.63, 3.8) is 0 Å². The van der Waals surface area contributed by atoms with Gasteiger partial charge in [0.05, 0.1) is 14.2 Å². The molecule has 2 aromatic rings.